The molecule has 0 aromatic rings. The van der Waals surface area contributed by atoms with Gasteiger partial charge in [0.2, 0.25) is 0 Å². The van der Waals surface area contributed by atoms with E-state index in [1.54, 1.807) is 6.92 Å². The van der Waals surface area contributed by atoms with Crippen LogP contribution in [0.3, 0.4) is 0 Å². The minimum Gasteiger partial charge on any atom is -0.401 e. The molecule has 0 aliphatic heterocycles. The average Bonchev–Trinajstić information content (AvgIpc) is 2.34. The number of hydrogen-bond acceptors (Lipinski definition) is 2. The Hall–Kier alpha value is -1.70. The monoisotopic (exact) mass is 236 g/mol. The van der Waals surface area contributed by atoms with Gasteiger partial charge in [-0.3, -0.25) is 0 Å². The molecule has 0 spiro atoms. The minimum atomic E-state index is 0.600. The number of nitrogens with two attached hydrogens (primary N) is 2. The Morgan fingerprint density at radius 3 is 1.76 bits per heavy atom. The maximum atomic E-state index is 5.66. The highest BCUT2D eigenvalue weighted by atomic mass is 14.7. The van der Waals surface area contributed by atoms with E-state index in [1.165, 1.54) is 0 Å². The summed E-state index contributed by atoms with van der Waals surface area (Å²) in [5, 5.41) is 0. The zero-order valence-electron chi connectivity index (χ0n) is 12.0. The number of hydrogen-bond donors (Lipinski definition) is 2. The van der Waals surface area contributed by atoms with Crippen molar-refractivity contribution >= 4 is 0 Å². The molecule has 0 unspecified atom stereocenters. The summed E-state index contributed by atoms with van der Waals surface area (Å²) in [6.45, 7) is 19.6. The maximum Gasteiger partial charge on any atom is 0.0504 e. The molecule has 0 bridgehead atoms. The Bertz CT molecular complexity index is 290. The van der Waals surface area contributed by atoms with Gasteiger partial charge >= 0.3 is 0 Å². The van der Waals surface area contributed by atoms with Crippen molar-refractivity contribution in [1.82, 2.24) is 0 Å². The molecule has 0 rings (SSSR count). The van der Waals surface area contributed by atoms with Crippen molar-refractivity contribution < 1.29 is 0 Å². The lowest BCUT2D eigenvalue weighted by atomic mass is 10.1. The van der Waals surface area contributed by atoms with Gasteiger partial charge in [0, 0.05) is 5.70 Å². The van der Waals surface area contributed by atoms with E-state index in [0.29, 0.717) is 11.4 Å². The molecule has 0 saturated heterocycles. The van der Waals surface area contributed by atoms with Gasteiger partial charge in [-0.1, -0.05) is 32.6 Å². The smallest absolute Gasteiger partial charge is 0.0504 e. The molecule has 4 N–H and O–H groups in total. The van der Waals surface area contributed by atoms with Crippen LogP contribution in [0.1, 0.15) is 34.6 Å². The standard InChI is InChI=1S/C11H18N2.C2H6.C2H4/c1-5-6-8(2)9(3)7-11(13)10(4)12;2*1-2/h5-7H,2,12-13H2,1,3-4H3;1-2H3;1-2H2/b6-5-,9-7+,11-10-;;. The molecule has 0 aromatic carbocycles. The van der Waals surface area contributed by atoms with Gasteiger partial charge in [-0.15, -0.1) is 13.2 Å². The summed E-state index contributed by atoms with van der Waals surface area (Å²) in [5.74, 6) is 0. The average molecular weight is 236 g/mol. The lowest BCUT2D eigenvalue weighted by Crippen LogP contribution is -2.05. The molecule has 0 aromatic heterocycles. The van der Waals surface area contributed by atoms with Crippen molar-refractivity contribution in [3.05, 3.63) is 60.5 Å². The van der Waals surface area contributed by atoms with Gasteiger partial charge in [0.15, 0.2) is 0 Å². The fourth-order valence-electron chi connectivity index (χ4n) is 0.772. The summed E-state index contributed by atoms with van der Waals surface area (Å²) in [6, 6.07) is 0. The summed E-state index contributed by atoms with van der Waals surface area (Å²) >= 11 is 0. The Morgan fingerprint density at radius 1 is 1.06 bits per heavy atom. The lowest BCUT2D eigenvalue weighted by molar-refractivity contribution is 1.20. The van der Waals surface area contributed by atoms with Gasteiger partial charge < -0.3 is 11.5 Å². The maximum absolute atomic E-state index is 5.66. The van der Waals surface area contributed by atoms with E-state index in [1.807, 2.05) is 45.9 Å². The van der Waals surface area contributed by atoms with Crippen LogP contribution in [0, 0.1) is 0 Å². The molecule has 17 heavy (non-hydrogen) atoms. The van der Waals surface area contributed by atoms with Crippen LogP contribution in [-0.2, 0) is 0 Å². The highest BCUT2D eigenvalue weighted by Gasteiger charge is 1.94. The summed E-state index contributed by atoms with van der Waals surface area (Å²) < 4.78 is 0. The van der Waals surface area contributed by atoms with Gasteiger partial charge in [0.25, 0.3) is 0 Å². The zero-order valence-corrected chi connectivity index (χ0v) is 12.0. The second-order valence-electron chi connectivity index (χ2n) is 2.99. The fourth-order valence-corrected chi connectivity index (χ4v) is 0.772. The second kappa shape index (κ2) is 14.3. The van der Waals surface area contributed by atoms with Crippen LogP contribution in [0.4, 0.5) is 0 Å². The Balaban J connectivity index is -0.000000439. The van der Waals surface area contributed by atoms with E-state index >= 15 is 0 Å². The van der Waals surface area contributed by atoms with E-state index < -0.39 is 0 Å². The van der Waals surface area contributed by atoms with Crippen molar-refractivity contribution in [2.45, 2.75) is 34.6 Å². The minimum absolute atomic E-state index is 0.600. The van der Waals surface area contributed by atoms with Gasteiger partial charge in [0.1, 0.15) is 0 Å². The molecule has 0 aliphatic rings. The van der Waals surface area contributed by atoms with Gasteiger partial charge in [-0.25, -0.2) is 0 Å². The third kappa shape index (κ3) is 12.2. The molecule has 0 heterocycles. The summed E-state index contributed by atoms with van der Waals surface area (Å²) in [5.41, 5.74) is 14.4. The second-order valence-corrected chi connectivity index (χ2v) is 2.99. The zero-order chi connectivity index (χ0) is 14.4. The Labute approximate surface area is 107 Å². The van der Waals surface area contributed by atoms with Crippen LogP contribution in [0.2, 0.25) is 0 Å². The lowest BCUT2D eigenvalue weighted by Gasteiger charge is -2.02. The van der Waals surface area contributed by atoms with E-state index in [4.69, 9.17) is 11.5 Å². The predicted octanol–water partition coefficient (Wildman–Crippen LogP) is 4.04. The fraction of sp³-hybridized carbons (Fsp3) is 0.333. The molecule has 2 nitrogen and oxygen atoms in total. The first-order valence-electron chi connectivity index (χ1n) is 5.71. The van der Waals surface area contributed by atoms with Crippen molar-refractivity contribution in [1.29, 1.82) is 0 Å². The molecular weight excluding hydrogens is 208 g/mol. The molecule has 98 valence electrons. The van der Waals surface area contributed by atoms with Crippen LogP contribution in [-0.4, -0.2) is 0 Å². The molecule has 0 aliphatic carbocycles. The normalized spacial score (nSPS) is 11.7. The van der Waals surface area contributed by atoms with Crippen molar-refractivity contribution in [2.75, 3.05) is 0 Å². The van der Waals surface area contributed by atoms with Crippen LogP contribution in [0.15, 0.2) is 60.5 Å². The molecule has 0 fully saturated rings. The molecule has 0 amide bonds. The van der Waals surface area contributed by atoms with Gasteiger partial charge in [0.05, 0.1) is 5.70 Å². The quantitative estimate of drug-likeness (QED) is 0.574. The molecule has 0 atom stereocenters. The van der Waals surface area contributed by atoms with Crippen molar-refractivity contribution in [3.8, 4) is 0 Å². The predicted molar refractivity (Wildman–Crippen MR) is 81.4 cm³/mol. The molecule has 0 saturated carbocycles. The Morgan fingerprint density at radius 2 is 1.47 bits per heavy atom. The van der Waals surface area contributed by atoms with E-state index in [9.17, 15) is 0 Å². The third-order valence-corrected chi connectivity index (χ3v) is 1.70. The first-order chi connectivity index (χ1) is 7.99. The summed E-state index contributed by atoms with van der Waals surface area (Å²) in [4.78, 5) is 0. The number of allylic oxidation sites excluding steroid dienone is 6. The number of rotatable bonds is 3. The first kappa shape index (κ1) is 20.7. The van der Waals surface area contributed by atoms with Gasteiger partial charge in [-0.2, -0.15) is 0 Å². The van der Waals surface area contributed by atoms with E-state index in [0.717, 1.165) is 11.1 Å². The Kier molecular flexibility index (Phi) is 17.4. The molecular formula is C15H28N2. The largest absolute Gasteiger partial charge is 0.401 e. The highest BCUT2D eigenvalue weighted by molar-refractivity contribution is 5.40. The van der Waals surface area contributed by atoms with Gasteiger partial charge in [-0.05, 0) is 38.0 Å². The summed E-state index contributed by atoms with van der Waals surface area (Å²) in [6.07, 6.45) is 5.71. The van der Waals surface area contributed by atoms with Crippen molar-refractivity contribution in [3.63, 3.8) is 0 Å². The van der Waals surface area contributed by atoms with Crippen LogP contribution < -0.4 is 11.5 Å². The van der Waals surface area contributed by atoms with E-state index in [-0.39, 0.29) is 0 Å². The summed E-state index contributed by atoms with van der Waals surface area (Å²) in [7, 11) is 0. The van der Waals surface area contributed by atoms with Crippen LogP contribution >= 0.6 is 0 Å². The highest BCUT2D eigenvalue weighted by Crippen LogP contribution is 2.10. The van der Waals surface area contributed by atoms with E-state index in [2.05, 4.69) is 19.7 Å². The van der Waals surface area contributed by atoms with Crippen LogP contribution in [0.5, 0.6) is 0 Å². The first-order valence-corrected chi connectivity index (χ1v) is 5.71. The third-order valence-electron chi connectivity index (χ3n) is 1.70. The van der Waals surface area contributed by atoms with Crippen LogP contribution in [0.25, 0.3) is 0 Å². The topological polar surface area (TPSA) is 52.0 Å². The molecule has 2 heteroatoms. The SMILES string of the molecule is C=C.C=C(/C=C\C)/C(C)=C/C(N)=C(\C)N.CC. The molecule has 0 radical (unpaired) electrons. The van der Waals surface area contributed by atoms with Crippen molar-refractivity contribution in [2.24, 2.45) is 11.5 Å².